The van der Waals surface area contributed by atoms with Crippen LogP contribution in [-0.4, -0.2) is 4.16 Å². The first kappa shape index (κ1) is 8.14. The summed E-state index contributed by atoms with van der Waals surface area (Å²) in [4.78, 5) is 1.85. The Morgan fingerprint density at radius 2 is 1.91 bits per heavy atom. The summed E-state index contributed by atoms with van der Waals surface area (Å²) in [5, 5.41) is 0. The normalized spacial score (nSPS) is 28.5. The summed E-state index contributed by atoms with van der Waals surface area (Å²) in [6, 6.07) is 8.49. The second-order valence-corrected chi connectivity index (χ2v) is 6.17. The summed E-state index contributed by atoms with van der Waals surface area (Å²) in [7, 11) is 0. The van der Waals surface area contributed by atoms with E-state index in [2.05, 4.69) is 56.1 Å². The zero-order chi connectivity index (χ0) is 7.84. The Kier molecular flexibility index (Phi) is 2.30. The number of halogens is 2. The second-order valence-electron chi connectivity index (χ2n) is 2.41. The first-order valence-electron chi connectivity index (χ1n) is 3.33. The van der Waals surface area contributed by atoms with Crippen molar-refractivity contribution in [1.82, 2.24) is 0 Å². The molecule has 11 heavy (non-hydrogen) atoms. The second kappa shape index (κ2) is 3.11. The van der Waals surface area contributed by atoms with Crippen molar-refractivity contribution < 1.29 is 0 Å². The Morgan fingerprint density at radius 1 is 1.18 bits per heavy atom. The molecule has 0 spiro atoms. The first-order valence-corrected chi connectivity index (χ1v) is 6.04. The molecule has 0 radical (unpaired) electrons. The van der Waals surface area contributed by atoms with Crippen LogP contribution in [0.4, 0.5) is 0 Å². The molecule has 0 fully saturated rings. The van der Waals surface area contributed by atoms with E-state index >= 15 is 0 Å². The molecule has 1 aromatic rings. The number of hydrogen-bond acceptors (Lipinski definition) is 1. The van der Waals surface area contributed by atoms with Crippen LogP contribution in [0.1, 0.15) is 10.4 Å². The molecule has 0 aliphatic carbocycles. The number of hydrogen-bond donors (Lipinski definition) is 0. The van der Waals surface area contributed by atoms with Gasteiger partial charge in [-0.2, -0.15) is 0 Å². The molecule has 0 saturated heterocycles. The fourth-order valence-electron chi connectivity index (χ4n) is 1.14. The van der Waals surface area contributed by atoms with Crippen molar-refractivity contribution in [1.29, 1.82) is 0 Å². The van der Waals surface area contributed by atoms with E-state index in [4.69, 9.17) is 0 Å². The van der Waals surface area contributed by atoms with Crippen molar-refractivity contribution in [2.24, 2.45) is 0 Å². The van der Waals surface area contributed by atoms with Crippen LogP contribution >= 0.6 is 43.6 Å². The van der Waals surface area contributed by atoms with E-state index in [1.165, 1.54) is 10.5 Å². The van der Waals surface area contributed by atoms with Crippen LogP contribution in [-0.2, 0) is 0 Å². The molecule has 2 unspecified atom stereocenters. The maximum absolute atomic E-state index is 3.63. The molecule has 0 N–H and O–H groups in total. The van der Waals surface area contributed by atoms with E-state index in [0.29, 0.717) is 8.99 Å². The van der Waals surface area contributed by atoms with Gasteiger partial charge in [-0.3, -0.25) is 0 Å². The molecule has 58 valence electrons. The van der Waals surface area contributed by atoms with E-state index in [1.807, 2.05) is 11.8 Å². The van der Waals surface area contributed by atoms with Gasteiger partial charge >= 0.3 is 0 Å². The van der Waals surface area contributed by atoms with Gasteiger partial charge in [-0.15, -0.1) is 11.8 Å². The molecule has 1 aliphatic heterocycles. The van der Waals surface area contributed by atoms with E-state index < -0.39 is 0 Å². The highest BCUT2D eigenvalue weighted by Crippen LogP contribution is 2.50. The minimum Gasteiger partial charge on any atom is -0.109 e. The van der Waals surface area contributed by atoms with Crippen LogP contribution in [0.5, 0.6) is 0 Å². The maximum atomic E-state index is 3.63. The Balaban J connectivity index is 2.47. The highest BCUT2D eigenvalue weighted by molar-refractivity contribution is 9.13. The van der Waals surface area contributed by atoms with Crippen LogP contribution in [0.25, 0.3) is 0 Å². The largest absolute Gasteiger partial charge is 0.109 e. The number of fused-ring (bicyclic) bond motifs is 1. The Labute approximate surface area is 87.0 Å². The molecule has 1 aliphatic rings. The van der Waals surface area contributed by atoms with Gasteiger partial charge in [0.2, 0.25) is 0 Å². The molecule has 0 saturated carbocycles. The summed E-state index contributed by atoms with van der Waals surface area (Å²) in [5.74, 6) is 0. The van der Waals surface area contributed by atoms with Crippen LogP contribution < -0.4 is 0 Å². The van der Waals surface area contributed by atoms with E-state index in [0.717, 1.165) is 0 Å². The highest BCUT2D eigenvalue weighted by atomic mass is 79.9. The third-order valence-corrected chi connectivity index (χ3v) is 5.98. The molecule has 1 aromatic carbocycles. The predicted molar refractivity (Wildman–Crippen MR) is 56.7 cm³/mol. The standard InChI is InChI=1S/C8H6Br2S/c9-7-5-3-1-2-4-6(5)11-8(7)10/h1-4,7-8H. The molecule has 3 heteroatoms. The summed E-state index contributed by atoms with van der Waals surface area (Å²) < 4.78 is 0.486. The van der Waals surface area contributed by atoms with Crippen LogP contribution in [0.15, 0.2) is 29.2 Å². The first-order chi connectivity index (χ1) is 5.29. The number of thioether (sulfide) groups is 1. The van der Waals surface area contributed by atoms with Crippen molar-refractivity contribution in [3.8, 4) is 0 Å². The van der Waals surface area contributed by atoms with Gasteiger partial charge in [0.05, 0.1) is 8.99 Å². The Hall–Kier alpha value is 0.530. The quantitative estimate of drug-likeness (QED) is 0.653. The Bertz CT molecular complexity index is 275. The molecule has 2 atom stereocenters. The van der Waals surface area contributed by atoms with Gasteiger partial charge in [0.1, 0.15) is 0 Å². The topological polar surface area (TPSA) is 0 Å². The van der Waals surface area contributed by atoms with Crippen LogP contribution in [0.2, 0.25) is 0 Å². The van der Waals surface area contributed by atoms with E-state index in [1.54, 1.807) is 0 Å². The summed E-state index contributed by atoms with van der Waals surface area (Å²) in [6.07, 6.45) is 0. The van der Waals surface area contributed by atoms with Crippen molar-refractivity contribution in [2.75, 3.05) is 0 Å². The van der Waals surface area contributed by atoms with Gasteiger partial charge < -0.3 is 0 Å². The van der Waals surface area contributed by atoms with E-state index in [-0.39, 0.29) is 0 Å². The lowest BCUT2D eigenvalue weighted by Crippen LogP contribution is -1.91. The zero-order valence-corrected chi connectivity index (χ0v) is 9.62. The van der Waals surface area contributed by atoms with Crippen molar-refractivity contribution >= 4 is 43.6 Å². The third-order valence-electron chi connectivity index (χ3n) is 1.69. The lowest BCUT2D eigenvalue weighted by Gasteiger charge is -2.03. The third kappa shape index (κ3) is 1.38. The van der Waals surface area contributed by atoms with Crippen molar-refractivity contribution in [2.45, 2.75) is 13.9 Å². The fourth-order valence-corrected chi connectivity index (χ4v) is 3.90. The number of alkyl halides is 2. The number of rotatable bonds is 0. The molecule has 0 amide bonds. The molecule has 0 bridgehead atoms. The summed E-state index contributed by atoms with van der Waals surface area (Å²) in [5.41, 5.74) is 1.40. The van der Waals surface area contributed by atoms with Crippen molar-refractivity contribution in [3.05, 3.63) is 29.8 Å². The van der Waals surface area contributed by atoms with Gasteiger partial charge in [-0.05, 0) is 11.6 Å². The molecule has 1 heterocycles. The van der Waals surface area contributed by atoms with E-state index in [9.17, 15) is 0 Å². The predicted octanol–water partition coefficient (Wildman–Crippen LogP) is 3.95. The van der Waals surface area contributed by atoms with Gasteiger partial charge in [-0.25, -0.2) is 0 Å². The van der Waals surface area contributed by atoms with Crippen LogP contribution in [0, 0.1) is 0 Å². The van der Waals surface area contributed by atoms with Crippen molar-refractivity contribution in [3.63, 3.8) is 0 Å². The maximum Gasteiger partial charge on any atom is 0.0813 e. The number of benzene rings is 1. The van der Waals surface area contributed by atoms with Gasteiger partial charge in [0.25, 0.3) is 0 Å². The van der Waals surface area contributed by atoms with Gasteiger partial charge in [-0.1, -0.05) is 50.1 Å². The molecule has 0 aromatic heterocycles. The Morgan fingerprint density at radius 3 is 2.64 bits per heavy atom. The fraction of sp³-hybridized carbons (Fsp3) is 0.250. The minimum atomic E-state index is 0.462. The highest BCUT2D eigenvalue weighted by Gasteiger charge is 2.28. The summed E-state index contributed by atoms with van der Waals surface area (Å²) >= 11 is 9.10. The molecular formula is C8H6Br2S. The lowest BCUT2D eigenvalue weighted by atomic mass is 10.2. The molecular weight excluding hydrogens is 288 g/mol. The van der Waals surface area contributed by atoms with Crippen LogP contribution in [0.3, 0.4) is 0 Å². The average Bonchev–Trinajstić information content (AvgIpc) is 2.30. The zero-order valence-electron chi connectivity index (χ0n) is 5.63. The van der Waals surface area contributed by atoms with Gasteiger partial charge in [0, 0.05) is 4.90 Å². The molecule has 0 nitrogen and oxygen atoms in total. The SMILES string of the molecule is BrC1Sc2ccccc2C1Br. The van der Waals surface area contributed by atoms with Gasteiger partial charge in [0.15, 0.2) is 0 Å². The molecule has 2 rings (SSSR count). The summed E-state index contributed by atoms with van der Waals surface area (Å²) in [6.45, 7) is 0. The monoisotopic (exact) mass is 292 g/mol. The lowest BCUT2D eigenvalue weighted by molar-refractivity contribution is 1.10. The average molecular weight is 294 g/mol. The smallest absolute Gasteiger partial charge is 0.0813 e. The minimum absolute atomic E-state index is 0.462.